The molecule has 0 radical (unpaired) electrons. The molecule has 1 aromatic heterocycles. The van der Waals surface area contributed by atoms with E-state index in [2.05, 4.69) is 77.7 Å². The van der Waals surface area contributed by atoms with Crippen LogP contribution in [0.1, 0.15) is 27.7 Å². The van der Waals surface area contributed by atoms with Crippen LogP contribution in [-0.4, -0.2) is 0 Å². The second-order valence-electron chi connectivity index (χ2n) is 8.59. The third-order valence-corrected chi connectivity index (χ3v) is 5.98. The summed E-state index contributed by atoms with van der Waals surface area (Å²) in [5.41, 5.74) is 5.14. The number of para-hydroxylation sites is 3. The third-order valence-electron chi connectivity index (χ3n) is 5.98. The highest BCUT2D eigenvalue weighted by Crippen LogP contribution is 2.37. The van der Waals surface area contributed by atoms with Crippen molar-refractivity contribution in [2.45, 2.75) is 27.7 Å². The predicted octanol–water partition coefficient (Wildman–Crippen LogP) is 12.5. The van der Waals surface area contributed by atoms with Crippen LogP contribution in [-0.2, 0) is 0 Å². The Labute approximate surface area is 251 Å². The molecule has 1 heterocycles. The lowest BCUT2D eigenvalue weighted by molar-refractivity contribution is 0.669. The van der Waals surface area contributed by atoms with Gasteiger partial charge in [-0.3, -0.25) is 0 Å². The van der Waals surface area contributed by atoms with Crippen LogP contribution in [0.3, 0.4) is 0 Å². The van der Waals surface area contributed by atoms with Crippen molar-refractivity contribution in [3.8, 4) is 0 Å². The normalized spacial score (nSPS) is 9.43. The molecule has 0 spiro atoms. The van der Waals surface area contributed by atoms with Crippen molar-refractivity contribution in [1.82, 2.24) is 0 Å². The number of nitrogens with zero attached hydrogens (tertiary/aromatic N) is 1. The molecule has 0 fully saturated rings. The lowest BCUT2D eigenvalue weighted by atomic mass is 10.1. The summed E-state index contributed by atoms with van der Waals surface area (Å²) in [6, 6.07) is 59.4. The van der Waals surface area contributed by atoms with Crippen molar-refractivity contribution in [3.05, 3.63) is 176 Å². The molecule has 7 aromatic rings. The minimum Gasteiger partial charge on any atom is -0.456 e. The van der Waals surface area contributed by atoms with Crippen molar-refractivity contribution in [3.63, 3.8) is 0 Å². The highest BCUT2D eigenvalue weighted by atomic mass is 16.3. The molecule has 0 unspecified atom stereocenters. The first-order valence-electron chi connectivity index (χ1n) is 14.7. The quantitative estimate of drug-likeness (QED) is 0.217. The molecular weight excluding hydrogens is 510 g/mol. The Kier molecular flexibility index (Phi) is 13.7. The van der Waals surface area contributed by atoms with Crippen molar-refractivity contribution in [1.29, 1.82) is 0 Å². The number of hydrogen-bond donors (Lipinski definition) is 0. The molecule has 7 rings (SSSR count). The van der Waals surface area contributed by atoms with E-state index in [1.54, 1.807) is 0 Å². The van der Waals surface area contributed by atoms with Crippen molar-refractivity contribution in [2.24, 2.45) is 0 Å². The maximum Gasteiger partial charge on any atom is 0.137 e. The van der Waals surface area contributed by atoms with Crippen LogP contribution in [0.2, 0.25) is 0 Å². The number of rotatable bonds is 3. The predicted molar refractivity (Wildman–Crippen MR) is 184 cm³/mol. The fourth-order valence-electron chi connectivity index (χ4n) is 4.22. The van der Waals surface area contributed by atoms with Crippen LogP contribution in [0.4, 0.5) is 17.1 Å². The third kappa shape index (κ3) is 8.97. The molecule has 0 atom stereocenters. The number of anilines is 3. The molecule has 0 aliphatic rings. The van der Waals surface area contributed by atoms with E-state index in [0.29, 0.717) is 0 Å². The molecule has 2 nitrogen and oxygen atoms in total. The summed E-state index contributed by atoms with van der Waals surface area (Å²) in [5, 5.41) is 2.30. The molecule has 212 valence electrons. The zero-order valence-electron chi connectivity index (χ0n) is 25.1. The van der Waals surface area contributed by atoms with E-state index < -0.39 is 0 Å². The second kappa shape index (κ2) is 18.3. The molecule has 0 aliphatic carbocycles. The summed E-state index contributed by atoms with van der Waals surface area (Å²) in [6.07, 6.45) is 0. The Balaban J connectivity index is 0.000000248. The van der Waals surface area contributed by atoms with E-state index >= 15 is 0 Å². The summed E-state index contributed by atoms with van der Waals surface area (Å²) >= 11 is 0. The van der Waals surface area contributed by atoms with E-state index in [9.17, 15) is 0 Å². The zero-order valence-corrected chi connectivity index (χ0v) is 25.1. The van der Waals surface area contributed by atoms with E-state index in [0.717, 1.165) is 39.0 Å². The number of benzene rings is 6. The standard InChI is InChI=1S/C24H17NO.2C6H6.2C2H6/c1-3-9-18(10-4-1)25(19-11-5-2-6-12-19)20-15-16-22-21-13-7-8-14-23(21)26-24(22)17-20;2*1-2-4-6-5-3-1;2*1-2/h1-17H;2*1-6H;2*1-2H3. The Morgan fingerprint density at radius 1 is 0.333 bits per heavy atom. The van der Waals surface area contributed by atoms with Gasteiger partial charge in [0.2, 0.25) is 0 Å². The average molecular weight is 552 g/mol. The molecule has 0 bridgehead atoms. The van der Waals surface area contributed by atoms with Gasteiger partial charge in [-0.25, -0.2) is 0 Å². The topological polar surface area (TPSA) is 16.4 Å². The van der Waals surface area contributed by atoms with Crippen LogP contribution in [0.25, 0.3) is 21.9 Å². The molecule has 2 heteroatoms. The van der Waals surface area contributed by atoms with E-state index in [1.165, 1.54) is 0 Å². The van der Waals surface area contributed by atoms with Crippen LogP contribution in [0.15, 0.2) is 180 Å². The Bertz CT molecular complexity index is 1520. The lowest BCUT2D eigenvalue weighted by Gasteiger charge is -2.25. The van der Waals surface area contributed by atoms with Gasteiger partial charge in [-0.15, -0.1) is 0 Å². The monoisotopic (exact) mass is 551 g/mol. The average Bonchev–Trinajstić information content (AvgIpc) is 3.48. The van der Waals surface area contributed by atoms with Gasteiger partial charge < -0.3 is 9.32 Å². The minimum atomic E-state index is 0.903. The molecule has 0 saturated carbocycles. The van der Waals surface area contributed by atoms with Gasteiger partial charge >= 0.3 is 0 Å². The Hall–Kier alpha value is -5.08. The maximum atomic E-state index is 6.09. The van der Waals surface area contributed by atoms with Gasteiger partial charge in [-0.05, 0) is 42.5 Å². The number of fused-ring (bicyclic) bond motifs is 3. The molecule has 0 saturated heterocycles. The second-order valence-corrected chi connectivity index (χ2v) is 8.59. The Morgan fingerprint density at radius 2 is 0.690 bits per heavy atom. The largest absolute Gasteiger partial charge is 0.456 e. The van der Waals surface area contributed by atoms with Crippen LogP contribution < -0.4 is 4.90 Å². The smallest absolute Gasteiger partial charge is 0.137 e. The highest BCUT2D eigenvalue weighted by molar-refractivity contribution is 6.06. The van der Waals surface area contributed by atoms with Gasteiger partial charge in [0.05, 0.1) is 0 Å². The fraction of sp³-hybridized carbons (Fsp3) is 0.100. The first-order chi connectivity index (χ1) is 20.9. The zero-order chi connectivity index (χ0) is 29.8. The maximum absolute atomic E-state index is 6.09. The lowest BCUT2D eigenvalue weighted by Crippen LogP contribution is -2.09. The number of hydrogen-bond acceptors (Lipinski definition) is 2. The van der Waals surface area contributed by atoms with Gasteiger partial charge in [0, 0.05) is 33.9 Å². The van der Waals surface area contributed by atoms with Crippen molar-refractivity contribution < 1.29 is 4.42 Å². The fourth-order valence-corrected chi connectivity index (χ4v) is 4.22. The first-order valence-corrected chi connectivity index (χ1v) is 14.7. The summed E-state index contributed by atoms with van der Waals surface area (Å²) in [5.74, 6) is 0. The summed E-state index contributed by atoms with van der Waals surface area (Å²) < 4.78 is 6.09. The molecule has 0 aliphatic heterocycles. The van der Waals surface area contributed by atoms with Gasteiger partial charge in [-0.2, -0.15) is 0 Å². The van der Waals surface area contributed by atoms with Gasteiger partial charge in [0.25, 0.3) is 0 Å². The first kappa shape index (κ1) is 31.4. The van der Waals surface area contributed by atoms with Gasteiger partial charge in [0.15, 0.2) is 0 Å². The molecule has 6 aromatic carbocycles. The molecular formula is C40H41NO. The van der Waals surface area contributed by atoms with Crippen LogP contribution in [0, 0.1) is 0 Å². The highest BCUT2D eigenvalue weighted by Gasteiger charge is 2.14. The van der Waals surface area contributed by atoms with E-state index in [1.807, 2.05) is 131 Å². The molecule has 42 heavy (non-hydrogen) atoms. The summed E-state index contributed by atoms with van der Waals surface area (Å²) in [4.78, 5) is 2.24. The Morgan fingerprint density at radius 3 is 1.14 bits per heavy atom. The minimum absolute atomic E-state index is 0.903. The van der Waals surface area contributed by atoms with Crippen LogP contribution in [0.5, 0.6) is 0 Å². The van der Waals surface area contributed by atoms with Crippen molar-refractivity contribution in [2.75, 3.05) is 4.90 Å². The summed E-state index contributed by atoms with van der Waals surface area (Å²) in [6.45, 7) is 8.00. The van der Waals surface area contributed by atoms with E-state index in [4.69, 9.17) is 4.42 Å². The summed E-state index contributed by atoms with van der Waals surface area (Å²) in [7, 11) is 0. The molecule has 0 N–H and O–H groups in total. The number of furan rings is 1. The molecule has 0 amide bonds. The van der Waals surface area contributed by atoms with Crippen molar-refractivity contribution >= 4 is 39.0 Å². The van der Waals surface area contributed by atoms with Gasteiger partial charge in [0.1, 0.15) is 11.2 Å². The SMILES string of the molecule is CC.CC.c1ccc(N(c2ccccc2)c2ccc3c(c2)oc2ccccc23)cc1.c1ccccc1.c1ccccc1. The van der Waals surface area contributed by atoms with Crippen LogP contribution >= 0.6 is 0 Å². The van der Waals surface area contributed by atoms with E-state index in [-0.39, 0.29) is 0 Å². The van der Waals surface area contributed by atoms with Gasteiger partial charge in [-0.1, -0.05) is 155 Å².